The van der Waals surface area contributed by atoms with Crippen LogP contribution >= 0.6 is 0 Å². The summed E-state index contributed by atoms with van der Waals surface area (Å²) in [5.74, 6) is 1.49. The number of nitrogens with one attached hydrogen (secondary N) is 1. The number of hydrogen-bond donors (Lipinski definition) is 1. The standard InChI is InChI=1S/C14H18BN3O/c1-10(2)9-15-17-13-8-11(19-3)4-5-12(13)14-6-7-16-18(14)15/h4-8,10,17H,9H2,1-3H3. The second-order valence-electron chi connectivity index (χ2n) is 5.36. The van der Waals surface area contributed by atoms with Gasteiger partial charge in [-0.2, -0.15) is 5.10 Å². The average Bonchev–Trinajstić information content (AvgIpc) is 2.87. The van der Waals surface area contributed by atoms with Crippen LogP contribution in [0.15, 0.2) is 30.5 Å². The van der Waals surface area contributed by atoms with Gasteiger partial charge in [0.05, 0.1) is 12.8 Å². The predicted octanol–water partition coefficient (Wildman–Crippen LogP) is 2.98. The molecular weight excluding hydrogens is 237 g/mol. The topological polar surface area (TPSA) is 39.1 Å². The molecule has 4 nitrogen and oxygen atoms in total. The largest absolute Gasteiger partial charge is 0.497 e. The maximum absolute atomic E-state index is 5.30. The Bertz CT molecular complexity index is 594. The molecule has 5 heteroatoms. The Morgan fingerprint density at radius 1 is 1.37 bits per heavy atom. The molecule has 1 aliphatic rings. The van der Waals surface area contributed by atoms with Crippen LogP contribution in [0.1, 0.15) is 13.8 Å². The molecular formula is C14H18BN3O. The minimum atomic E-state index is 0.213. The van der Waals surface area contributed by atoms with Crippen molar-refractivity contribution in [1.29, 1.82) is 0 Å². The highest BCUT2D eigenvalue weighted by atomic mass is 16.5. The van der Waals surface area contributed by atoms with Crippen molar-refractivity contribution in [2.75, 3.05) is 12.3 Å². The molecule has 98 valence electrons. The van der Waals surface area contributed by atoms with Crippen LogP contribution in [-0.4, -0.2) is 23.8 Å². The third-order valence-corrected chi connectivity index (χ3v) is 3.48. The van der Waals surface area contributed by atoms with Crippen molar-refractivity contribution < 1.29 is 4.74 Å². The number of anilines is 1. The Balaban J connectivity index is 2.05. The highest BCUT2D eigenvalue weighted by molar-refractivity contribution is 6.62. The highest BCUT2D eigenvalue weighted by Gasteiger charge is 2.29. The van der Waals surface area contributed by atoms with Crippen LogP contribution in [0.3, 0.4) is 0 Å². The summed E-state index contributed by atoms with van der Waals surface area (Å²) in [5.41, 5.74) is 3.47. The van der Waals surface area contributed by atoms with Gasteiger partial charge in [0.15, 0.2) is 0 Å². The maximum atomic E-state index is 5.30. The first-order valence-corrected chi connectivity index (χ1v) is 6.67. The molecule has 2 heterocycles. The first-order valence-electron chi connectivity index (χ1n) is 6.67. The lowest BCUT2D eigenvalue weighted by molar-refractivity contribution is 0.415. The molecule has 1 aromatic carbocycles. The summed E-state index contributed by atoms with van der Waals surface area (Å²) >= 11 is 0. The van der Waals surface area contributed by atoms with E-state index in [0.717, 1.165) is 17.8 Å². The van der Waals surface area contributed by atoms with Crippen LogP contribution < -0.4 is 9.96 Å². The van der Waals surface area contributed by atoms with Gasteiger partial charge in [-0.15, -0.1) is 0 Å². The van der Waals surface area contributed by atoms with E-state index in [-0.39, 0.29) is 6.98 Å². The van der Waals surface area contributed by atoms with Gasteiger partial charge in [-0.05, 0) is 30.4 Å². The molecule has 1 N–H and O–H groups in total. The van der Waals surface area contributed by atoms with Crippen molar-refractivity contribution in [2.24, 2.45) is 5.92 Å². The van der Waals surface area contributed by atoms with E-state index in [4.69, 9.17) is 4.74 Å². The van der Waals surface area contributed by atoms with Crippen LogP contribution in [-0.2, 0) is 0 Å². The van der Waals surface area contributed by atoms with Gasteiger partial charge in [-0.25, -0.2) is 0 Å². The molecule has 0 amide bonds. The normalized spacial score (nSPS) is 12.9. The number of rotatable bonds is 3. The first kappa shape index (κ1) is 12.1. The van der Waals surface area contributed by atoms with Crippen molar-refractivity contribution in [1.82, 2.24) is 9.69 Å². The summed E-state index contributed by atoms with van der Waals surface area (Å²) in [7, 11) is 1.69. The summed E-state index contributed by atoms with van der Waals surface area (Å²) in [5, 5.41) is 8.02. The highest BCUT2D eigenvalue weighted by Crippen LogP contribution is 2.35. The Morgan fingerprint density at radius 3 is 2.95 bits per heavy atom. The molecule has 3 rings (SSSR count). The zero-order chi connectivity index (χ0) is 13.4. The van der Waals surface area contributed by atoms with E-state index in [1.165, 1.54) is 11.3 Å². The molecule has 0 saturated carbocycles. The number of benzene rings is 1. The van der Waals surface area contributed by atoms with Crippen LogP contribution in [0.2, 0.25) is 6.32 Å². The first-order chi connectivity index (χ1) is 9.19. The average molecular weight is 255 g/mol. The molecule has 0 radical (unpaired) electrons. The van der Waals surface area contributed by atoms with Gasteiger partial charge >= 0.3 is 6.98 Å². The zero-order valence-electron chi connectivity index (χ0n) is 11.6. The summed E-state index contributed by atoms with van der Waals surface area (Å²) in [6.45, 7) is 4.67. The number of methoxy groups -OCH3 is 1. The third-order valence-electron chi connectivity index (χ3n) is 3.48. The summed E-state index contributed by atoms with van der Waals surface area (Å²) in [6, 6.07) is 8.19. The lowest BCUT2D eigenvalue weighted by atomic mass is 9.66. The molecule has 0 fully saturated rings. The van der Waals surface area contributed by atoms with Crippen molar-refractivity contribution in [3.63, 3.8) is 0 Å². The molecule has 0 bridgehead atoms. The van der Waals surface area contributed by atoms with E-state index in [9.17, 15) is 0 Å². The number of aromatic nitrogens is 2. The quantitative estimate of drug-likeness (QED) is 0.857. The number of fused-ring (bicyclic) bond motifs is 3. The molecule has 2 aromatic rings. The Morgan fingerprint density at radius 2 is 2.21 bits per heavy atom. The Labute approximate surface area is 113 Å². The molecule has 0 aliphatic carbocycles. The van der Waals surface area contributed by atoms with E-state index < -0.39 is 0 Å². The fourth-order valence-corrected chi connectivity index (χ4v) is 2.61. The van der Waals surface area contributed by atoms with Crippen LogP contribution in [0.5, 0.6) is 5.75 Å². The van der Waals surface area contributed by atoms with Gasteiger partial charge in [-0.1, -0.05) is 13.8 Å². The molecule has 1 aromatic heterocycles. The zero-order valence-corrected chi connectivity index (χ0v) is 11.6. The number of ether oxygens (including phenoxy) is 1. The minimum Gasteiger partial charge on any atom is -0.497 e. The van der Waals surface area contributed by atoms with Crippen molar-refractivity contribution in [3.05, 3.63) is 30.5 Å². The lowest BCUT2D eigenvalue weighted by Crippen LogP contribution is -2.39. The second kappa shape index (κ2) is 4.65. The van der Waals surface area contributed by atoms with Gasteiger partial charge in [0.1, 0.15) is 5.75 Å². The molecule has 19 heavy (non-hydrogen) atoms. The molecule has 0 unspecified atom stereocenters. The predicted molar refractivity (Wildman–Crippen MR) is 78.6 cm³/mol. The van der Waals surface area contributed by atoms with E-state index >= 15 is 0 Å². The second-order valence-corrected chi connectivity index (χ2v) is 5.36. The molecule has 0 atom stereocenters. The Hall–Kier alpha value is -1.91. The van der Waals surface area contributed by atoms with Crippen molar-refractivity contribution in [3.8, 4) is 17.0 Å². The van der Waals surface area contributed by atoms with Gasteiger partial charge in [0.25, 0.3) is 0 Å². The summed E-state index contributed by atoms with van der Waals surface area (Å²) < 4.78 is 7.38. The van der Waals surface area contributed by atoms with Gasteiger partial charge < -0.3 is 9.96 Å². The van der Waals surface area contributed by atoms with Crippen LogP contribution in [0.25, 0.3) is 11.3 Å². The fraction of sp³-hybridized carbons (Fsp3) is 0.357. The van der Waals surface area contributed by atoms with Crippen molar-refractivity contribution >= 4 is 12.7 Å². The molecule has 0 saturated heterocycles. The smallest absolute Gasteiger partial charge is 0.396 e. The van der Waals surface area contributed by atoms with Crippen molar-refractivity contribution in [2.45, 2.75) is 20.2 Å². The summed E-state index contributed by atoms with van der Waals surface area (Å²) in [4.78, 5) is 0. The van der Waals surface area contributed by atoms with Crippen LogP contribution in [0, 0.1) is 5.92 Å². The van der Waals surface area contributed by atoms with Gasteiger partial charge in [0, 0.05) is 23.5 Å². The van der Waals surface area contributed by atoms with Gasteiger partial charge in [-0.3, -0.25) is 4.59 Å². The van der Waals surface area contributed by atoms with E-state index in [1.54, 1.807) is 7.11 Å². The molecule has 1 aliphatic heterocycles. The SMILES string of the molecule is COc1ccc2c(c1)NB(CC(C)C)n1nccc1-2. The maximum Gasteiger partial charge on any atom is 0.396 e. The minimum absolute atomic E-state index is 0.213. The third kappa shape index (κ3) is 2.09. The van der Waals surface area contributed by atoms with E-state index in [1.807, 2.05) is 12.3 Å². The molecule has 0 spiro atoms. The summed E-state index contributed by atoms with van der Waals surface area (Å²) in [6.07, 6.45) is 2.91. The Kier molecular flexibility index (Phi) is 2.97. The lowest BCUT2D eigenvalue weighted by Gasteiger charge is -2.27. The van der Waals surface area contributed by atoms with Gasteiger partial charge in [0.2, 0.25) is 0 Å². The number of hydrogen-bond acceptors (Lipinski definition) is 3. The monoisotopic (exact) mass is 255 g/mol. The number of nitrogens with zero attached hydrogens (tertiary/aromatic N) is 2. The fourth-order valence-electron chi connectivity index (χ4n) is 2.61. The van der Waals surface area contributed by atoms with Crippen LogP contribution in [0.4, 0.5) is 5.69 Å². The van der Waals surface area contributed by atoms with E-state index in [0.29, 0.717) is 5.92 Å². The van der Waals surface area contributed by atoms with E-state index in [2.05, 4.69) is 47.0 Å².